The third-order valence-electron chi connectivity index (χ3n) is 2.33. The summed E-state index contributed by atoms with van der Waals surface area (Å²) in [6.07, 6.45) is -2.42. The van der Waals surface area contributed by atoms with Crippen molar-refractivity contribution in [3.05, 3.63) is 35.9 Å². The van der Waals surface area contributed by atoms with Crippen LogP contribution in [0.5, 0.6) is 0 Å². The van der Waals surface area contributed by atoms with Crippen LogP contribution < -0.4 is 0 Å². The summed E-state index contributed by atoms with van der Waals surface area (Å²) >= 11 is 0. The number of benzene rings is 1. The first-order chi connectivity index (χ1) is 9.04. The maximum absolute atomic E-state index is 11.8. The molecule has 6 nitrogen and oxygen atoms in total. The van der Waals surface area contributed by atoms with Crippen LogP contribution in [-0.2, 0) is 14.3 Å². The van der Waals surface area contributed by atoms with E-state index in [1.165, 1.54) is 6.92 Å². The summed E-state index contributed by atoms with van der Waals surface area (Å²) in [6, 6.07) is 8.18. The molecule has 6 heteroatoms. The van der Waals surface area contributed by atoms with Crippen molar-refractivity contribution in [1.82, 2.24) is 0 Å². The van der Waals surface area contributed by atoms with Crippen molar-refractivity contribution in [2.24, 2.45) is 0 Å². The summed E-state index contributed by atoms with van der Waals surface area (Å²) in [5.41, 5.74) is 0.306. The molecule has 0 saturated heterocycles. The lowest BCUT2D eigenvalue weighted by Crippen LogP contribution is -2.38. The predicted molar refractivity (Wildman–Crippen MR) is 65.4 cm³/mol. The number of carbonyl (C=O) groups excluding carboxylic acids is 2. The van der Waals surface area contributed by atoms with Crippen molar-refractivity contribution >= 4 is 11.9 Å². The van der Waals surface area contributed by atoms with Crippen LogP contribution in [0.2, 0.25) is 0 Å². The molecule has 104 valence electrons. The van der Waals surface area contributed by atoms with Crippen LogP contribution in [0.15, 0.2) is 30.3 Å². The molecule has 0 fully saturated rings. The standard InChI is InChI=1S/C13H16O6/c1-9(15)18-8-12(11(16)7-14)19-13(17)10-5-3-2-4-6-10/h2-6,11-12,14,16H,7-8H2,1H3/t11-,12+/m1/s1. The van der Waals surface area contributed by atoms with E-state index in [0.717, 1.165) is 0 Å². The molecule has 0 unspecified atom stereocenters. The van der Waals surface area contributed by atoms with Crippen molar-refractivity contribution in [1.29, 1.82) is 0 Å². The van der Waals surface area contributed by atoms with Gasteiger partial charge in [0, 0.05) is 6.92 Å². The van der Waals surface area contributed by atoms with Crippen LogP contribution in [0, 0.1) is 0 Å². The van der Waals surface area contributed by atoms with Gasteiger partial charge in [-0.15, -0.1) is 0 Å². The zero-order valence-corrected chi connectivity index (χ0v) is 10.5. The first-order valence-electron chi connectivity index (χ1n) is 5.73. The third-order valence-corrected chi connectivity index (χ3v) is 2.33. The first kappa shape index (κ1) is 15.1. The molecule has 0 radical (unpaired) electrons. The Morgan fingerprint density at radius 3 is 2.42 bits per heavy atom. The van der Waals surface area contributed by atoms with Gasteiger partial charge in [0.25, 0.3) is 0 Å². The monoisotopic (exact) mass is 268 g/mol. The van der Waals surface area contributed by atoms with Crippen molar-refractivity contribution < 1.29 is 29.3 Å². The Kier molecular flexibility index (Phi) is 5.98. The fraction of sp³-hybridized carbons (Fsp3) is 0.385. The van der Waals surface area contributed by atoms with E-state index in [0.29, 0.717) is 5.56 Å². The summed E-state index contributed by atoms with van der Waals surface area (Å²) in [5.74, 6) is -1.23. The Morgan fingerprint density at radius 2 is 1.89 bits per heavy atom. The van der Waals surface area contributed by atoms with Gasteiger partial charge in [-0.05, 0) is 12.1 Å². The molecule has 0 heterocycles. The van der Waals surface area contributed by atoms with Crippen molar-refractivity contribution in [3.63, 3.8) is 0 Å². The topological polar surface area (TPSA) is 93.1 Å². The summed E-state index contributed by atoms with van der Waals surface area (Å²) in [7, 11) is 0. The second kappa shape index (κ2) is 7.50. The lowest BCUT2D eigenvalue weighted by Gasteiger charge is -2.21. The summed E-state index contributed by atoms with van der Waals surface area (Å²) < 4.78 is 9.69. The van der Waals surface area contributed by atoms with Crippen LogP contribution in [0.25, 0.3) is 0 Å². The lowest BCUT2D eigenvalue weighted by atomic mass is 10.2. The zero-order valence-electron chi connectivity index (χ0n) is 10.5. The molecule has 19 heavy (non-hydrogen) atoms. The Balaban J connectivity index is 2.66. The van der Waals surface area contributed by atoms with Gasteiger partial charge in [0.1, 0.15) is 12.7 Å². The minimum Gasteiger partial charge on any atom is -0.462 e. The van der Waals surface area contributed by atoms with Gasteiger partial charge in [0.2, 0.25) is 0 Å². The SMILES string of the molecule is CC(=O)OC[C@H](OC(=O)c1ccccc1)[C@H](O)CO. The Morgan fingerprint density at radius 1 is 1.26 bits per heavy atom. The summed E-state index contributed by atoms with van der Waals surface area (Å²) in [4.78, 5) is 22.5. The maximum atomic E-state index is 11.8. The van der Waals surface area contributed by atoms with E-state index in [-0.39, 0.29) is 6.61 Å². The molecular formula is C13H16O6. The Bertz CT molecular complexity index is 416. The van der Waals surface area contributed by atoms with Crippen molar-refractivity contribution in [2.45, 2.75) is 19.1 Å². The molecule has 1 rings (SSSR count). The number of hydrogen-bond acceptors (Lipinski definition) is 6. The van der Waals surface area contributed by atoms with E-state index in [1.54, 1.807) is 30.3 Å². The number of carbonyl (C=O) groups is 2. The molecule has 1 aromatic carbocycles. The number of ether oxygens (including phenoxy) is 2. The number of aliphatic hydroxyl groups is 2. The van der Waals surface area contributed by atoms with Gasteiger partial charge >= 0.3 is 11.9 Å². The average molecular weight is 268 g/mol. The van der Waals surface area contributed by atoms with Crippen LogP contribution in [0.4, 0.5) is 0 Å². The maximum Gasteiger partial charge on any atom is 0.338 e. The highest BCUT2D eigenvalue weighted by molar-refractivity contribution is 5.89. The highest BCUT2D eigenvalue weighted by Gasteiger charge is 2.24. The van der Waals surface area contributed by atoms with Crippen LogP contribution in [0.3, 0.4) is 0 Å². The molecule has 1 aromatic rings. The minimum atomic E-state index is -1.31. The molecule has 0 aliphatic rings. The van der Waals surface area contributed by atoms with E-state index < -0.39 is 30.8 Å². The van der Waals surface area contributed by atoms with Gasteiger partial charge in [-0.2, -0.15) is 0 Å². The Hall–Kier alpha value is -1.92. The summed E-state index contributed by atoms with van der Waals surface area (Å²) in [6.45, 7) is 0.283. The molecule has 2 atom stereocenters. The second-order valence-electron chi connectivity index (χ2n) is 3.86. The van der Waals surface area contributed by atoms with Crippen LogP contribution >= 0.6 is 0 Å². The largest absolute Gasteiger partial charge is 0.462 e. The predicted octanol–water partition coefficient (Wildman–Crippen LogP) is 0.128. The van der Waals surface area contributed by atoms with E-state index >= 15 is 0 Å². The number of rotatable bonds is 6. The second-order valence-corrected chi connectivity index (χ2v) is 3.86. The van der Waals surface area contributed by atoms with E-state index in [4.69, 9.17) is 9.84 Å². The average Bonchev–Trinajstić information content (AvgIpc) is 2.43. The molecule has 0 saturated carbocycles. The normalized spacial score (nSPS) is 13.4. The van der Waals surface area contributed by atoms with Gasteiger partial charge in [-0.25, -0.2) is 4.79 Å². The van der Waals surface area contributed by atoms with Crippen LogP contribution in [0.1, 0.15) is 17.3 Å². The fourth-order valence-corrected chi connectivity index (χ4v) is 1.32. The smallest absolute Gasteiger partial charge is 0.338 e. The van der Waals surface area contributed by atoms with E-state index in [1.807, 2.05) is 0 Å². The van der Waals surface area contributed by atoms with Crippen molar-refractivity contribution in [3.8, 4) is 0 Å². The fourth-order valence-electron chi connectivity index (χ4n) is 1.32. The van der Waals surface area contributed by atoms with E-state index in [2.05, 4.69) is 4.74 Å². The highest BCUT2D eigenvalue weighted by Crippen LogP contribution is 2.07. The van der Waals surface area contributed by atoms with Gasteiger partial charge in [0.05, 0.1) is 12.2 Å². The van der Waals surface area contributed by atoms with Crippen LogP contribution in [-0.4, -0.2) is 47.6 Å². The lowest BCUT2D eigenvalue weighted by molar-refractivity contribution is -0.147. The van der Waals surface area contributed by atoms with Gasteiger partial charge in [-0.3, -0.25) is 4.79 Å². The quantitative estimate of drug-likeness (QED) is 0.712. The molecule has 0 aliphatic carbocycles. The van der Waals surface area contributed by atoms with Crippen molar-refractivity contribution in [2.75, 3.05) is 13.2 Å². The minimum absolute atomic E-state index is 0.306. The van der Waals surface area contributed by atoms with Gasteiger partial charge in [0.15, 0.2) is 6.10 Å². The molecule has 2 N–H and O–H groups in total. The van der Waals surface area contributed by atoms with E-state index in [9.17, 15) is 14.7 Å². The third kappa shape index (κ3) is 5.07. The number of aliphatic hydroxyl groups excluding tert-OH is 2. The molecule has 0 amide bonds. The van der Waals surface area contributed by atoms with Gasteiger partial charge < -0.3 is 19.7 Å². The molecule has 0 spiro atoms. The number of hydrogen-bond donors (Lipinski definition) is 2. The van der Waals surface area contributed by atoms with Gasteiger partial charge in [-0.1, -0.05) is 18.2 Å². The first-order valence-corrected chi connectivity index (χ1v) is 5.73. The summed E-state index contributed by atoms with van der Waals surface area (Å²) in [5, 5.41) is 18.4. The molecule has 0 bridgehead atoms. The highest BCUT2D eigenvalue weighted by atomic mass is 16.6. The molecule has 0 aromatic heterocycles. The molecular weight excluding hydrogens is 252 g/mol. The molecule has 0 aliphatic heterocycles. The number of esters is 2. The zero-order chi connectivity index (χ0) is 14.3. The Labute approximate surface area is 110 Å².